The third-order valence-corrected chi connectivity index (χ3v) is 12.1. The first-order chi connectivity index (χ1) is 30.2. The number of rotatable bonds is 8. The van der Waals surface area contributed by atoms with Crippen molar-refractivity contribution < 1.29 is 0 Å². The number of para-hydroxylation sites is 2. The first-order valence-electron chi connectivity index (χ1n) is 21.1. The van der Waals surface area contributed by atoms with E-state index < -0.39 is 0 Å². The van der Waals surface area contributed by atoms with Gasteiger partial charge in [0.25, 0.3) is 0 Å². The van der Waals surface area contributed by atoms with E-state index >= 15 is 0 Å². The minimum atomic E-state index is 0.492. The Labute approximate surface area is 355 Å². The zero-order valence-electron chi connectivity index (χ0n) is 33.7. The number of amidine groups is 1. The van der Waals surface area contributed by atoms with Crippen LogP contribution in [0.5, 0.6) is 0 Å². The zero-order chi connectivity index (χ0) is 40.7. The predicted molar refractivity (Wildman–Crippen MR) is 257 cm³/mol. The highest BCUT2D eigenvalue weighted by molar-refractivity contribution is 6.17. The van der Waals surface area contributed by atoms with Gasteiger partial charge in [0, 0.05) is 49.6 Å². The molecule has 2 N–H and O–H groups in total. The van der Waals surface area contributed by atoms with Gasteiger partial charge in [0.2, 0.25) is 0 Å². The summed E-state index contributed by atoms with van der Waals surface area (Å²) in [6.07, 6.45) is 9.50. The molecule has 1 aliphatic carbocycles. The third-order valence-electron chi connectivity index (χ3n) is 12.1. The Morgan fingerprint density at radius 1 is 0.607 bits per heavy atom. The molecule has 4 heteroatoms. The number of pyridine rings is 1. The average molecular weight is 783 g/mol. The molecule has 1 aliphatic rings. The molecule has 0 bridgehead atoms. The SMILES string of the molecule is NC(=N/C(=C\Cc1cc(-c2ccc(-c3c4ccccc4nc4c3ccc3ccccc34)cc2)cc(-n2c3c(c4ccccc42)C=CCC3)c1)c1ccccc1)c1ccccc1. The van der Waals surface area contributed by atoms with Gasteiger partial charge in [-0.25, -0.2) is 9.98 Å². The smallest absolute Gasteiger partial charge is 0.131 e. The molecule has 10 aromatic rings. The number of benzene rings is 8. The lowest BCUT2D eigenvalue weighted by Gasteiger charge is -2.17. The number of fused-ring (bicyclic) bond motifs is 7. The van der Waals surface area contributed by atoms with Crippen LogP contribution in [0, 0.1) is 0 Å². The Bertz CT molecular complexity index is 3370. The summed E-state index contributed by atoms with van der Waals surface area (Å²) in [4.78, 5) is 10.2. The quantitative estimate of drug-likeness (QED) is 0.0722. The van der Waals surface area contributed by atoms with Gasteiger partial charge in [-0.2, -0.15) is 0 Å². The van der Waals surface area contributed by atoms with Gasteiger partial charge in [0.05, 0.1) is 22.2 Å². The second-order valence-electron chi connectivity index (χ2n) is 15.8. The highest BCUT2D eigenvalue weighted by Gasteiger charge is 2.20. The molecule has 0 fully saturated rings. The molecular formula is C57H42N4. The number of aromatic nitrogens is 2. The second-order valence-corrected chi connectivity index (χ2v) is 15.8. The largest absolute Gasteiger partial charge is 0.383 e. The van der Waals surface area contributed by atoms with E-state index in [0.29, 0.717) is 12.3 Å². The van der Waals surface area contributed by atoms with E-state index in [1.165, 1.54) is 49.6 Å². The van der Waals surface area contributed by atoms with E-state index in [2.05, 4.69) is 162 Å². The Morgan fingerprint density at radius 2 is 1.30 bits per heavy atom. The number of nitrogens with zero attached hydrogens (tertiary/aromatic N) is 3. The summed E-state index contributed by atoms with van der Waals surface area (Å²) in [7, 11) is 0. The van der Waals surface area contributed by atoms with E-state index in [4.69, 9.17) is 15.7 Å². The normalized spacial score (nSPS) is 13.0. The van der Waals surface area contributed by atoms with Crippen molar-refractivity contribution in [3.8, 4) is 27.9 Å². The zero-order valence-corrected chi connectivity index (χ0v) is 33.7. The summed E-state index contributed by atoms with van der Waals surface area (Å²) in [5.74, 6) is 0.492. The molecule has 0 amide bonds. The van der Waals surface area contributed by atoms with Crippen molar-refractivity contribution in [3.63, 3.8) is 0 Å². The molecule has 290 valence electrons. The van der Waals surface area contributed by atoms with Gasteiger partial charge in [-0.1, -0.05) is 182 Å². The summed E-state index contributed by atoms with van der Waals surface area (Å²) in [6, 6.07) is 66.8. The summed E-state index contributed by atoms with van der Waals surface area (Å²) in [5.41, 5.74) is 22.4. The molecule has 0 saturated heterocycles. The lowest BCUT2D eigenvalue weighted by Crippen LogP contribution is -2.13. The van der Waals surface area contributed by atoms with Crippen LogP contribution in [-0.2, 0) is 12.8 Å². The molecule has 2 heterocycles. The molecule has 8 aromatic carbocycles. The van der Waals surface area contributed by atoms with Crippen molar-refractivity contribution in [3.05, 3.63) is 228 Å². The van der Waals surface area contributed by atoms with Crippen molar-refractivity contribution in [2.45, 2.75) is 19.3 Å². The Kier molecular flexibility index (Phi) is 9.16. The van der Waals surface area contributed by atoms with Crippen molar-refractivity contribution >= 4 is 61.1 Å². The maximum Gasteiger partial charge on any atom is 0.131 e. The molecule has 0 atom stereocenters. The highest BCUT2D eigenvalue weighted by atomic mass is 15.0. The first kappa shape index (κ1) is 36.3. The second kappa shape index (κ2) is 15.4. The van der Waals surface area contributed by atoms with Crippen molar-refractivity contribution in [1.29, 1.82) is 0 Å². The summed E-state index contributed by atoms with van der Waals surface area (Å²) >= 11 is 0. The van der Waals surface area contributed by atoms with Gasteiger partial charge < -0.3 is 10.3 Å². The van der Waals surface area contributed by atoms with E-state index in [1.807, 2.05) is 48.5 Å². The van der Waals surface area contributed by atoms with Gasteiger partial charge in [0.1, 0.15) is 5.84 Å². The molecular weight excluding hydrogens is 741 g/mol. The van der Waals surface area contributed by atoms with Crippen LogP contribution < -0.4 is 5.73 Å². The van der Waals surface area contributed by atoms with Crippen LogP contribution in [-0.4, -0.2) is 15.4 Å². The van der Waals surface area contributed by atoms with E-state index in [1.54, 1.807) is 0 Å². The molecule has 0 aliphatic heterocycles. The third kappa shape index (κ3) is 6.69. The standard InChI is InChI=1S/C57H42N4/c58-57(43-18-5-2-6-19-43)60-51(41-16-3-1-4-17-41)34-27-38-35-44(37-45(36-38)61-53-25-13-10-21-47(53)48-22-11-14-26-54(48)61)39-28-30-42(31-29-39)55-49-23-9-12-24-52(49)59-56-46-20-8-7-15-40(46)32-33-50(55)56/h1-13,15-25,28-37H,14,26-27H2,(H2,58,60)/b51-34-. The minimum absolute atomic E-state index is 0.492. The topological polar surface area (TPSA) is 56.2 Å². The van der Waals surface area contributed by atoms with Crippen molar-refractivity contribution in [1.82, 2.24) is 9.55 Å². The molecule has 0 unspecified atom stereocenters. The van der Waals surface area contributed by atoms with Gasteiger partial charge in [0.15, 0.2) is 0 Å². The maximum absolute atomic E-state index is 6.64. The van der Waals surface area contributed by atoms with Crippen LogP contribution in [0.25, 0.3) is 83.2 Å². The summed E-state index contributed by atoms with van der Waals surface area (Å²) in [5, 5.41) is 5.95. The van der Waals surface area contributed by atoms with Crippen LogP contribution in [0.2, 0.25) is 0 Å². The predicted octanol–water partition coefficient (Wildman–Crippen LogP) is 13.8. The lowest BCUT2D eigenvalue weighted by molar-refractivity contribution is 0.887. The number of hydrogen-bond acceptors (Lipinski definition) is 2. The highest BCUT2D eigenvalue weighted by Crippen LogP contribution is 2.40. The molecule has 0 saturated carbocycles. The summed E-state index contributed by atoms with van der Waals surface area (Å²) in [6.45, 7) is 0. The van der Waals surface area contributed by atoms with E-state index in [0.717, 1.165) is 68.3 Å². The molecule has 0 spiro atoms. The number of hydrogen-bond donors (Lipinski definition) is 1. The van der Waals surface area contributed by atoms with Crippen LogP contribution in [0.4, 0.5) is 0 Å². The minimum Gasteiger partial charge on any atom is -0.383 e. The van der Waals surface area contributed by atoms with E-state index in [-0.39, 0.29) is 0 Å². The van der Waals surface area contributed by atoms with Gasteiger partial charge >= 0.3 is 0 Å². The lowest BCUT2D eigenvalue weighted by atomic mass is 9.92. The van der Waals surface area contributed by atoms with Crippen molar-refractivity contribution in [2.24, 2.45) is 10.7 Å². The van der Waals surface area contributed by atoms with Gasteiger partial charge in [-0.3, -0.25) is 0 Å². The summed E-state index contributed by atoms with van der Waals surface area (Å²) < 4.78 is 2.49. The number of aliphatic imine (C=N–C) groups is 1. The van der Waals surface area contributed by atoms with Crippen LogP contribution >= 0.6 is 0 Å². The molecule has 61 heavy (non-hydrogen) atoms. The van der Waals surface area contributed by atoms with Gasteiger partial charge in [-0.15, -0.1) is 0 Å². The molecule has 4 nitrogen and oxygen atoms in total. The number of allylic oxidation sites excluding steroid dienone is 2. The Balaban J connectivity index is 1.06. The van der Waals surface area contributed by atoms with Crippen LogP contribution in [0.3, 0.4) is 0 Å². The fourth-order valence-electron chi connectivity index (χ4n) is 9.17. The van der Waals surface area contributed by atoms with E-state index in [9.17, 15) is 0 Å². The fourth-order valence-corrected chi connectivity index (χ4v) is 9.17. The molecule has 11 rings (SSSR count). The average Bonchev–Trinajstić information content (AvgIpc) is 3.67. The number of nitrogens with two attached hydrogens (primary N) is 1. The Morgan fingerprint density at radius 3 is 2.11 bits per heavy atom. The molecule has 2 aromatic heterocycles. The first-order valence-corrected chi connectivity index (χ1v) is 21.1. The van der Waals surface area contributed by atoms with Gasteiger partial charge in [-0.05, 0) is 76.7 Å². The molecule has 0 radical (unpaired) electrons. The van der Waals surface area contributed by atoms with Crippen molar-refractivity contribution in [2.75, 3.05) is 0 Å². The maximum atomic E-state index is 6.64. The van der Waals surface area contributed by atoms with Crippen LogP contribution in [0.15, 0.2) is 205 Å². The van der Waals surface area contributed by atoms with Crippen LogP contribution in [0.1, 0.15) is 34.4 Å². The fraction of sp³-hybridized carbons (Fsp3) is 0.0526. The monoisotopic (exact) mass is 782 g/mol. The Hall–Kier alpha value is -7.82.